The van der Waals surface area contributed by atoms with Crippen LogP contribution in [0.1, 0.15) is 6.42 Å². The number of ether oxygens (including phenoxy) is 1. The molecule has 2 aromatic carbocycles. The molecule has 3 aromatic rings. The number of rotatable bonds is 3. The van der Waals surface area contributed by atoms with Gasteiger partial charge in [-0.25, -0.2) is 12.4 Å². The first kappa shape index (κ1) is 22.9. The summed E-state index contributed by atoms with van der Waals surface area (Å²) in [6.07, 6.45) is 2.71. The summed E-state index contributed by atoms with van der Waals surface area (Å²) < 4.78 is 34.1. The fourth-order valence-corrected chi connectivity index (χ4v) is 5.58. The number of carboxylic acid groups (broad SMARTS) is 1. The van der Waals surface area contributed by atoms with Crippen molar-refractivity contribution < 1.29 is 23.1 Å². The van der Waals surface area contributed by atoms with Crippen molar-refractivity contribution in [3.63, 3.8) is 0 Å². The Labute approximate surface area is 193 Å². The second-order valence-electron chi connectivity index (χ2n) is 7.96. The van der Waals surface area contributed by atoms with Crippen LogP contribution in [0.15, 0.2) is 53.6 Å². The summed E-state index contributed by atoms with van der Waals surface area (Å²) in [5.41, 5.74) is 2.66. The Kier molecular flexibility index (Phi) is 6.75. The van der Waals surface area contributed by atoms with E-state index in [0.29, 0.717) is 17.9 Å². The molecule has 2 aliphatic rings. The predicted molar refractivity (Wildman–Crippen MR) is 128 cm³/mol. The van der Waals surface area contributed by atoms with Gasteiger partial charge in [0.25, 0.3) is 16.5 Å². The van der Waals surface area contributed by atoms with E-state index >= 15 is 0 Å². The minimum Gasteiger partial charge on any atom is -0.490 e. The maximum Gasteiger partial charge on any atom is 0.290 e. The molecule has 2 aliphatic heterocycles. The van der Waals surface area contributed by atoms with Crippen LogP contribution in [0.25, 0.3) is 10.9 Å². The largest absolute Gasteiger partial charge is 0.490 e. The van der Waals surface area contributed by atoms with Crippen molar-refractivity contribution >= 4 is 38.8 Å². The van der Waals surface area contributed by atoms with E-state index in [2.05, 4.69) is 21.2 Å². The maximum atomic E-state index is 13.5. The number of carbonyl (C=O) groups is 1. The fraction of sp³-hybridized carbons (Fsp3) is 0.348. The van der Waals surface area contributed by atoms with Crippen molar-refractivity contribution in [2.75, 3.05) is 56.2 Å². The van der Waals surface area contributed by atoms with E-state index in [9.17, 15) is 8.42 Å². The molecule has 0 aliphatic carbocycles. The zero-order valence-corrected chi connectivity index (χ0v) is 19.3. The smallest absolute Gasteiger partial charge is 0.290 e. The second kappa shape index (κ2) is 9.72. The van der Waals surface area contributed by atoms with Gasteiger partial charge in [0.05, 0.1) is 22.6 Å². The van der Waals surface area contributed by atoms with Gasteiger partial charge in [-0.2, -0.15) is 0 Å². The molecule has 0 bridgehead atoms. The fourth-order valence-electron chi connectivity index (χ4n) is 4.21. The first-order chi connectivity index (χ1) is 16.0. The first-order valence-corrected chi connectivity index (χ1v) is 12.3. The third-order valence-electron chi connectivity index (χ3n) is 5.93. The first-order valence-electron chi connectivity index (χ1n) is 10.8. The van der Waals surface area contributed by atoms with Gasteiger partial charge >= 0.3 is 0 Å². The third-order valence-corrected chi connectivity index (χ3v) is 7.62. The molecule has 3 heterocycles. The number of nitrogens with one attached hydrogen (secondary N) is 1. The van der Waals surface area contributed by atoms with Crippen LogP contribution in [0.3, 0.4) is 0 Å². The van der Waals surface area contributed by atoms with Crippen LogP contribution in [-0.4, -0.2) is 70.3 Å². The van der Waals surface area contributed by atoms with Crippen molar-refractivity contribution in [3.8, 4) is 5.75 Å². The van der Waals surface area contributed by atoms with Crippen molar-refractivity contribution in [2.24, 2.45) is 0 Å². The number of anilines is 2. The second-order valence-corrected chi connectivity index (χ2v) is 9.77. The van der Waals surface area contributed by atoms with Gasteiger partial charge in [-0.3, -0.25) is 4.79 Å². The molecule has 1 saturated heterocycles. The predicted octanol–water partition coefficient (Wildman–Crippen LogP) is 2.21. The van der Waals surface area contributed by atoms with E-state index in [4.69, 9.17) is 14.6 Å². The van der Waals surface area contributed by atoms with Crippen molar-refractivity contribution in [1.82, 2.24) is 9.29 Å². The van der Waals surface area contributed by atoms with Crippen LogP contribution in [0.5, 0.6) is 5.75 Å². The van der Waals surface area contributed by atoms with E-state index in [1.165, 1.54) is 3.97 Å². The Morgan fingerprint density at radius 3 is 2.70 bits per heavy atom. The van der Waals surface area contributed by atoms with Crippen LogP contribution in [0.2, 0.25) is 0 Å². The van der Waals surface area contributed by atoms with E-state index in [1.807, 2.05) is 31.3 Å². The standard InChI is InChI=1S/C22H26N4O3S.CH2O2/c1-24-13-14-29-22-16-19(5-6-20(22)24)30(27,28)26-11-7-17-3-4-18(15-21(17)26)25-10-2-8-23-9-12-25;2-1-3/h3-7,11,15-16,23H,2,8-10,12-14H2,1H3;1H,(H,2,3). The monoisotopic (exact) mass is 472 g/mol. The Morgan fingerprint density at radius 2 is 1.88 bits per heavy atom. The molecule has 5 rings (SSSR count). The van der Waals surface area contributed by atoms with Crippen LogP contribution in [0.4, 0.5) is 11.4 Å². The van der Waals surface area contributed by atoms with Gasteiger partial charge in [0, 0.05) is 50.0 Å². The average Bonchev–Trinajstić information content (AvgIpc) is 3.05. The summed E-state index contributed by atoms with van der Waals surface area (Å²) in [6, 6.07) is 13.0. The van der Waals surface area contributed by atoms with Gasteiger partial charge < -0.3 is 25.0 Å². The highest BCUT2D eigenvalue weighted by Gasteiger charge is 2.23. The van der Waals surface area contributed by atoms with Gasteiger partial charge in [0.2, 0.25) is 0 Å². The summed E-state index contributed by atoms with van der Waals surface area (Å²) >= 11 is 0. The molecule has 1 aromatic heterocycles. The molecular weight excluding hydrogens is 444 g/mol. The molecule has 0 saturated carbocycles. The number of fused-ring (bicyclic) bond motifs is 2. The SMILES string of the molecule is CN1CCOc2cc(S(=O)(=O)n3ccc4ccc(N5CCCNCC5)cc43)ccc21.O=CO. The van der Waals surface area contributed by atoms with Crippen molar-refractivity contribution in [2.45, 2.75) is 11.3 Å². The summed E-state index contributed by atoms with van der Waals surface area (Å²) in [5.74, 6) is 0.610. The van der Waals surface area contributed by atoms with E-state index < -0.39 is 10.0 Å². The number of aromatic nitrogens is 1. The lowest BCUT2D eigenvalue weighted by atomic mass is 10.2. The molecule has 2 N–H and O–H groups in total. The average molecular weight is 473 g/mol. The molecule has 1 fully saturated rings. The number of hydrogen-bond donors (Lipinski definition) is 2. The molecule has 0 atom stereocenters. The highest BCUT2D eigenvalue weighted by Crippen LogP contribution is 2.34. The quantitative estimate of drug-likeness (QED) is 0.559. The van der Waals surface area contributed by atoms with Crippen LogP contribution in [0, 0.1) is 0 Å². The summed E-state index contributed by atoms with van der Waals surface area (Å²) in [5, 5.41) is 11.2. The topological polar surface area (TPSA) is 104 Å². The molecule has 0 amide bonds. The van der Waals surface area contributed by atoms with Crippen LogP contribution in [-0.2, 0) is 14.8 Å². The third kappa shape index (κ3) is 4.62. The molecule has 0 radical (unpaired) electrons. The Bertz CT molecular complexity index is 1230. The number of nitrogens with zero attached hydrogens (tertiary/aromatic N) is 3. The van der Waals surface area contributed by atoms with Gasteiger partial charge in [-0.15, -0.1) is 0 Å². The minimum atomic E-state index is -3.74. The number of benzene rings is 2. The zero-order chi connectivity index (χ0) is 23.4. The molecule has 0 spiro atoms. The maximum absolute atomic E-state index is 13.5. The molecule has 33 heavy (non-hydrogen) atoms. The summed E-state index contributed by atoms with van der Waals surface area (Å²) in [6.45, 7) is 4.90. The van der Waals surface area contributed by atoms with Gasteiger partial charge in [0.15, 0.2) is 0 Å². The molecule has 10 heteroatoms. The molecular formula is C23H28N4O5S. The lowest BCUT2D eigenvalue weighted by Gasteiger charge is -2.28. The van der Waals surface area contributed by atoms with Crippen molar-refractivity contribution in [3.05, 3.63) is 48.7 Å². The highest BCUT2D eigenvalue weighted by molar-refractivity contribution is 7.90. The van der Waals surface area contributed by atoms with E-state index in [1.54, 1.807) is 18.3 Å². The number of likely N-dealkylation sites (N-methyl/N-ethyl adjacent to an activating group) is 1. The van der Waals surface area contributed by atoms with Crippen molar-refractivity contribution in [1.29, 1.82) is 0 Å². The number of hydrogen-bond acceptors (Lipinski definition) is 7. The van der Waals surface area contributed by atoms with Gasteiger partial charge in [0.1, 0.15) is 12.4 Å². The lowest BCUT2D eigenvalue weighted by molar-refractivity contribution is -0.122. The Balaban J connectivity index is 0.000000821. The summed E-state index contributed by atoms with van der Waals surface area (Å²) in [7, 11) is -1.76. The molecule has 9 nitrogen and oxygen atoms in total. The molecule has 0 unspecified atom stereocenters. The van der Waals surface area contributed by atoms with Crippen LogP contribution < -0.4 is 19.9 Å². The zero-order valence-electron chi connectivity index (χ0n) is 18.5. The minimum absolute atomic E-state index is 0.235. The molecule has 176 valence electrons. The lowest BCUT2D eigenvalue weighted by Crippen LogP contribution is -2.29. The van der Waals surface area contributed by atoms with Gasteiger partial charge in [-0.1, -0.05) is 6.07 Å². The Hall–Kier alpha value is -3.24. The van der Waals surface area contributed by atoms with E-state index in [-0.39, 0.29) is 11.4 Å². The Morgan fingerprint density at radius 1 is 1.06 bits per heavy atom. The van der Waals surface area contributed by atoms with Gasteiger partial charge in [-0.05, 0) is 43.3 Å². The normalized spacial score (nSPS) is 16.3. The van der Waals surface area contributed by atoms with E-state index in [0.717, 1.165) is 55.9 Å². The summed E-state index contributed by atoms with van der Waals surface area (Å²) in [4.78, 5) is 13.0. The van der Waals surface area contributed by atoms with Crippen LogP contribution >= 0.6 is 0 Å². The highest BCUT2D eigenvalue weighted by atomic mass is 32.2.